The van der Waals surface area contributed by atoms with E-state index < -0.39 is 4.92 Å². The molecule has 0 aliphatic carbocycles. The molecule has 1 amide bonds. The Morgan fingerprint density at radius 2 is 1.96 bits per heavy atom. The molecule has 0 bridgehead atoms. The predicted molar refractivity (Wildman–Crippen MR) is 102 cm³/mol. The molecule has 0 saturated heterocycles. The zero-order valence-electron chi connectivity index (χ0n) is 14.8. The van der Waals surface area contributed by atoms with Gasteiger partial charge in [0, 0.05) is 23.9 Å². The van der Waals surface area contributed by atoms with E-state index >= 15 is 0 Å². The fourth-order valence-electron chi connectivity index (χ4n) is 2.14. The van der Waals surface area contributed by atoms with E-state index in [1.165, 1.54) is 24.3 Å². The third-order valence-corrected chi connectivity index (χ3v) is 3.59. The molecule has 2 rings (SSSR count). The quantitative estimate of drug-likeness (QED) is 0.424. The van der Waals surface area contributed by atoms with Gasteiger partial charge in [0.15, 0.2) is 0 Å². The lowest BCUT2D eigenvalue weighted by Crippen LogP contribution is -2.07. The summed E-state index contributed by atoms with van der Waals surface area (Å²) in [6.07, 6.45) is 3.86. The number of rotatable bonds is 8. The average Bonchev–Trinajstić information content (AvgIpc) is 2.61. The van der Waals surface area contributed by atoms with E-state index in [1.54, 1.807) is 36.4 Å². The predicted octanol–water partition coefficient (Wildman–Crippen LogP) is 4.67. The van der Waals surface area contributed by atoms with Crippen LogP contribution in [0.15, 0.2) is 54.6 Å². The van der Waals surface area contributed by atoms with E-state index in [2.05, 4.69) is 19.2 Å². The number of nitrogens with zero attached hydrogens (tertiary/aromatic N) is 1. The van der Waals surface area contributed by atoms with E-state index in [-0.39, 0.29) is 11.6 Å². The smallest absolute Gasteiger partial charge is 0.270 e. The van der Waals surface area contributed by atoms with Crippen molar-refractivity contribution >= 4 is 23.4 Å². The van der Waals surface area contributed by atoms with Crippen LogP contribution in [-0.2, 0) is 4.79 Å². The van der Waals surface area contributed by atoms with Crippen LogP contribution < -0.4 is 10.1 Å². The Labute approximate surface area is 152 Å². The van der Waals surface area contributed by atoms with Crippen molar-refractivity contribution in [3.8, 4) is 5.75 Å². The molecule has 136 valence electrons. The molecular formula is C20H22N2O4. The molecule has 2 aromatic rings. The first-order chi connectivity index (χ1) is 12.4. The van der Waals surface area contributed by atoms with E-state index in [1.807, 2.05) is 0 Å². The third kappa shape index (κ3) is 6.39. The zero-order valence-corrected chi connectivity index (χ0v) is 14.8. The van der Waals surface area contributed by atoms with E-state index in [0.717, 1.165) is 12.2 Å². The maximum Gasteiger partial charge on any atom is 0.270 e. The van der Waals surface area contributed by atoms with Crippen molar-refractivity contribution in [2.75, 3.05) is 11.9 Å². The second kappa shape index (κ2) is 9.36. The Bertz CT molecular complexity index is 783. The molecule has 0 aliphatic rings. The van der Waals surface area contributed by atoms with Gasteiger partial charge in [0.25, 0.3) is 5.69 Å². The topological polar surface area (TPSA) is 81.5 Å². The van der Waals surface area contributed by atoms with Crippen LogP contribution in [0.4, 0.5) is 11.4 Å². The van der Waals surface area contributed by atoms with E-state index in [0.29, 0.717) is 23.8 Å². The van der Waals surface area contributed by atoms with Crippen LogP contribution in [0.1, 0.15) is 25.8 Å². The average molecular weight is 354 g/mol. The van der Waals surface area contributed by atoms with Gasteiger partial charge in [0.1, 0.15) is 5.75 Å². The van der Waals surface area contributed by atoms with Crippen LogP contribution in [-0.4, -0.2) is 17.4 Å². The van der Waals surface area contributed by atoms with Gasteiger partial charge >= 0.3 is 0 Å². The number of carbonyl (C=O) groups excluding carboxylic acids is 1. The number of non-ortho nitro benzene ring substituents is 1. The van der Waals surface area contributed by atoms with Crippen molar-refractivity contribution in [3.63, 3.8) is 0 Å². The molecule has 26 heavy (non-hydrogen) atoms. The van der Waals surface area contributed by atoms with Crippen LogP contribution in [0.5, 0.6) is 5.75 Å². The number of amides is 1. The third-order valence-electron chi connectivity index (χ3n) is 3.59. The second-order valence-corrected chi connectivity index (χ2v) is 6.23. The number of ether oxygens (including phenoxy) is 1. The highest BCUT2D eigenvalue weighted by atomic mass is 16.6. The molecule has 0 aliphatic heterocycles. The molecule has 6 nitrogen and oxygen atoms in total. The summed E-state index contributed by atoms with van der Waals surface area (Å²) in [6.45, 7) is 4.95. The van der Waals surface area contributed by atoms with Gasteiger partial charge in [-0.15, -0.1) is 0 Å². The summed E-state index contributed by atoms with van der Waals surface area (Å²) < 4.78 is 5.63. The SMILES string of the molecule is CC(C)CCOc1ccc(NC(=O)/C=C/c2cccc([N+](=O)[O-])c2)cc1. The first-order valence-electron chi connectivity index (χ1n) is 8.40. The number of nitrogens with one attached hydrogen (secondary N) is 1. The maximum atomic E-state index is 12.0. The minimum absolute atomic E-state index is 0.0133. The number of carbonyl (C=O) groups is 1. The number of hydrogen-bond donors (Lipinski definition) is 1. The summed E-state index contributed by atoms with van der Waals surface area (Å²) in [7, 11) is 0. The summed E-state index contributed by atoms with van der Waals surface area (Å²) in [5.74, 6) is 1.03. The van der Waals surface area contributed by atoms with Gasteiger partial charge in [0.2, 0.25) is 5.91 Å². The van der Waals surface area contributed by atoms with Crippen LogP contribution in [0.2, 0.25) is 0 Å². The zero-order chi connectivity index (χ0) is 18.9. The van der Waals surface area contributed by atoms with Gasteiger partial charge < -0.3 is 10.1 Å². The molecule has 6 heteroatoms. The highest BCUT2D eigenvalue weighted by Gasteiger charge is 2.04. The standard InChI is InChI=1S/C20H22N2O4/c1-15(2)12-13-26-19-9-7-17(8-10-19)21-20(23)11-6-16-4-3-5-18(14-16)22(24)25/h3-11,14-15H,12-13H2,1-2H3,(H,21,23)/b11-6+. The van der Waals surface area contributed by atoms with Crippen molar-refractivity contribution in [2.24, 2.45) is 5.92 Å². The molecule has 0 fully saturated rings. The summed E-state index contributed by atoms with van der Waals surface area (Å²) in [5, 5.41) is 13.5. The molecule has 0 radical (unpaired) electrons. The summed E-state index contributed by atoms with van der Waals surface area (Å²) in [4.78, 5) is 22.3. The largest absolute Gasteiger partial charge is 0.494 e. The minimum Gasteiger partial charge on any atom is -0.494 e. The van der Waals surface area contributed by atoms with Crippen molar-refractivity contribution in [1.29, 1.82) is 0 Å². The Kier molecular flexibility index (Phi) is 6.91. The number of anilines is 1. The van der Waals surface area contributed by atoms with Gasteiger partial charge in [-0.05, 0) is 48.2 Å². The van der Waals surface area contributed by atoms with Crippen molar-refractivity contribution in [2.45, 2.75) is 20.3 Å². The molecule has 1 N–H and O–H groups in total. The van der Waals surface area contributed by atoms with Gasteiger partial charge in [-0.25, -0.2) is 0 Å². The summed E-state index contributed by atoms with van der Waals surface area (Å²) in [6, 6.07) is 13.2. The fourth-order valence-corrected chi connectivity index (χ4v) is 2.14. The molecular weight excluding hydrogens is 332 g/mol. The van der Waals surface area contributed by atoms with Crippen LogP contribution in [0.25, 0.3) is 6.08 Å². The van der Waals surface area contributed by atoms with E-state index in [4.69, 9.17) is 4.74 Å². The Morgan fingerprint density at radius 3 is 2.62 bits per heavy atom. The molecule has 0 saturated carbocycles. The van der Waals surface area contributed by atoms with Crippen LogP contribution in [0.3, 0.4) is 0 Å². The number of nitro groups is 1. The number of hydrogen-bond acceptors (Lipinski definition) is 4. The Balaban J connectivity index is 1.89. The monoisotopic (exact) mass is 354 g/mol. The van der Waals surface area contributed by atoms with Crippen molar-refractivity contribution in [1.82, 2.24) is 0 Å². The highest BCUT2D eigenvalue weighted by Crippen LogP contribution is 2.17. The highest BCUT2D eigenvalue weighted by molar-refractivity contribution is 6.01. The lowest BCUT2D eigenvalue weighted by atomic mass is 10.1. The molecule has 2 aromatic carbocycles. The van der Waals surface area contributed by atoms with Crippen molar-refractivity contribution < 1.29 is 14.5 Å². The van der Waals surface area contributed by atoms with Gasteiger partial charge in [-0.3, -0.25) is 14.9 Å². The fraction of sp³-hybridized carbons (Fsp3) is 0.250. The lowest BCUT2D eigenvalue weighted by Gasteiger charge is -2.09. The van der Waals surface area contributed by atoms with Gasteiger partial charge in [-0.2, -0.15) is 0 Å². The Morgan fingerprint density at radius 1 is 1.23 bits per heavy atom. The summed E-state index contributed by atoms with van der Waals surface area (Å²) >= 11 is 0. The van der Waals surface area contributed by atoms with Crippen LogP contribution in [0, 0.1) is 16.0 Å². The van der Waals surface area contributed by atoms with Crippen molar-refractivity contribution in [3.05, 3.63) is 70.3 Å². The molecule has 0 aromatic heterocycles. The van der Waals surface area contributed by atoms with Crippen LogP contribution >= 0.6 is 0 Å². The summed E-state index contributed by atoms with van der Waals surface area (Å²) in [5.41, 5.74) is 1.22. The normalized spacial score (nSPS) is 10.9. The molecule has 0 spiro atoms. The Hall–Kier alpha value is -3.15. The number of benzene rings is 2. The second-order valence-electron chi connectivity index (χ2n) is 6.23. The first kappa shape index (κ1) is 19.2. The first-order valence-corrected chi connectivity index (χ1v) is 8.40. The molecule has 0 unspecified atom stereocenters. The molecule has 0 heterocycles. The maximum absolute atomic E-state index is 12.0. The van der Waals surface area contributed by atoms with Gasteiger partial charge in [0.05, 0.1) is 11.5 Å². The lowest BCUT2D eigenvalue weighted by molar-refractivity contribution is -0.384. The van der Waals surface area contributed by atoms with Gasteiger partial charge in [-0.1, -0.05) is 26.0 Å². The van der Waals surface area contributed by atoms with E-state index in [9.17, 15) is 14.9 Å². The number of nitro benzene ring substituents is 1. The minimum atomic E-state index is -0.470. The molecule has 0 atom stereocenters.